The van der Waals surface area contributed by atoms with E-state index < -0.39 is 15.8 Å². The molecule has 7 heteroatoms. The molecule has 0 heterocycles. The third-order valence-corrected chi connectivity index (χ3v) is 3.70. The number of hydrogen-bond donors (Lipinski definition) is 1. The summed E-state index contributed by atoms with van der Waals surface area (Å²) in [7, 11) is -3.71. The summed E-state index contributed by atoms with van der Waals surface area (Å²) in [6, 6.07) is 4.65. The Balaban J connectivity index is 2.96. The molecule has 17 heavy (non-hydrogen) atoms. The van der Waals surface area contributed by atoms with Crippen molar-refractivity contribution >= 4 is 21.6 Å². The zero-order valence-electron chi connectivity index (χ0n) is 8.78. The summed E-state index contributed by atoms with van der Waals surface area (Å²) in [5, 5.41) is 8.60. The fraction of sp³-hybridized carbons (Fsp3) is 0.300. The second-order valence-electron chi connectivity index (χ2n) is 3.19. The van der Waals surface area contributed by atoms with E-state index in [-0.39, 0.29) is 17.0 Å². The first-order chi connectivity index (χ1) is 8.01. The van der Waals surface area contributed by atoms with E-state index in [2.05, 4.69) is 4.72 Å². The summed E-state index contributed by atoms with van der Waals surface area (Å²) in [6.45, 7) is 0.200. The Bertz CT molecular complexity index is 540. The summed E-state index contributed by atoms with van der Waals surface area (Å²) < 4.78 is 38.7. The maximum Gasteiger partial charge on any atom is 0.240 e. The lowest BCUT2D eigenvalue weighted by Gasteiger charge is -2.06. The molecule has 0 atom stereocenters. The number of alkyl halides is 1. The van der Waals surface area contributed by atoms with Crippen molar-refractivity contribution in [2.24, 2.45) is 0 Å². The van der Waals surface area contributed by atoms with E-state index in [1.807, 2.05) is 0 Å². The first kappa shape index (κ1) is 13.9. The average molecular weight is 277 g/mol. The molecule has 0 aliphatic heterocycles. The van der Waals surface area contributed by atoms with Crippen molar-refractivity contribution in [2.45, 2.75) is 11.3 Å². The number of nitrogens with one attached hydrogen (secondary N) is 1. The third kappa shape index (κ3) is 3.66. The molecular formula is C10H10ClFN2O2S. The lowest BCUT2D eigenvalue weighted by atomic mass is 10.2. The van der Waals surface area contributed by atoms with Gasteiger partial charge in [-0.15, -0.1) is 11.6 Å². The van der Waals surface area contributed by atoms with Crippen molar-refractivity contribution in [3.05, 3.63) is 29.6 Å². The number of benzene rings is 1. The van der Waals surface area contributed by atoms with Gasteiger partial charge in [-0.25, -0.2) is 17.5 Å². The van der Waals surface area contributed by atoms with Crippen molar-refractivity contribution in [3.63, 3.8) is 0 Å². The Labute approximate surface area is 104 Å². The van der Waals surface area contributed by atoms with Crippen LogP contribution in [0.4, 0.5) is 4.39 Å². The summed E-state index contributed by atoms with van der Waals surface area (Å²) in [6.07, 6.45) is 0.493. The molecule has 0 saturated carbocycles. The van der Waals surface area contributed by atoms with E-state index in [4.69, 9.17) is 16.9 Å². The molecule has 0 unspecified atom stereocenters. The lowest BCUT2D eigenvalue weighted by molar-refractivity contribution is 0.580. The number of rotatable bonds is 5. The molecular weight excluding hydrogens is 267 g/mol. The number of halogens is 2. The topological polar surface area (TPSA) is 70.0 Å². The standard InChI is InChI=1S/C10H10ClFN2O2S/c11-4-1-5-14-17(15,16)9-2-3-10(12)8(6-9)7-13/h2-3,6,14H,1,4-5H2. The predicted molar refractivity (Wildman–Crippen MR) is 61.6 cm³/mol. The van der Waals surface area contributed by atoms with E-state index >= 15 is 0 Å². The van der Waals surface area contributed by atoms with E-state index in [0.29, 0.717) is 12.3 Å². The van der Waals surface area contributed by atoms with E-state index in [1.165, 1.54) is 0 Å². The number of nitriles is 1. The quantitative estimate of drug-likeness (QED) is 0.656. The minimum absolute atomic E-state index is 0.134. The fourth-order valence-corrected chi connectivity index (χ4v) is 2.35. The number of nitrogens with zero attached hydrogens (tertiary/aromatic N) is 1. The van der Waals surface area contributed by atoms with E-state index in [9.17, 15) is 12.8 Å². The molecule has 0 aliphatic rings. The molecule has 92 valence electrons. The van der Waals surface area contributed by atoms with Gasteiger partial charge in [-0.3, -0.25) is 0 Å². The summed E-state index contributed by atoms with van der Waals surface area (Å²) in [5.41, 5.74) is -0.301. The molecule has 1 aromatic carbocycles. The van der Waals surface area contributed by atoms with Gasteiger partial charge < -0.3 is 0 Å². The summed E-state index contributed by atoms with van der Waals surface area (Å²) in [5.74, 6) is -0.401. The van der Waals surface area contributed by atoms with Crippen LogP contribution >= 0.6 is 11.6 Å². The van der Waals surface area contributed by atoms with Crippen LogP contribution in [0.3, 0.4) is 0 Å². The average Bonchev–Trinajstić information content (AvgIpc) is 2.29. The molecule has 0 aromatic heterocycles. The maximum atomic E-state index is 13.0. The molecule has 0 spiro atoms. The van der Waals surface area contributed by atoms with Crippen molar-refractivity contribution in [2.75, 3.05) is 12.4 Å². The molecule has 0 radical (unpaired) electrons. The zero-order valence-corrected chi connectivity index (χ0v) is 10.4. The Kier molecular flexibility index (Phi) is 4.87. The minimum Gasteiger partial charge on any atom is -0.211 e. The van der Waals surface area contributed by atoms with Crippen LogP contribution in [0.2, 0.25) is 0 Å². The Hall–Kier alpha value is -1.16. The van der Waals surface area contributed by atoms with Crippen LogP contribution in [0.25, 0.3) is 0 Å². The van der Waals surface area contributed by atoms with E-state index in [0.717, 1.165) is 18.2 Å². The van der Waals surface area contributed by atoms with Crippen LogP contribution in [0, 0.1) is 17.1 Å². The zero-order chi connectivity index (χ0) is 12.9. The molecule has 1 rings (SSSR count). The smallest absolute Gasteiger partial charge is 0.211 e. The van der Waals surface area contributed by atoms with Gasteiger partial charge in [-0.2, -0.15) is 5.26 Å². The first-order valence-corrected chi connectivity index (χ1v) is 6.78. The van der Waals surface area contributed by atoms with Crippen LogP contribution in [-0.4, -0.2) is 20.8 Å². The monoisotopic (exact) mass is 276 g/mol. The third-order valence-electron chi connectivity index (χ3n) is 1.97. The molecule has 0 saturated heterocycles. The predicted octanol–water partition coefficient (Wildman–Crippen LogP) is 1.60. The van der Waals surface area contributed by atoms with Crippen LogP contribution in [0.5, 0.6) is 0 Å². The Morgan fingerprint density at radius 3 is 2.76 bits per heavy atom. The molecule has 0 aliphatic carbocycles. The normalized spacial score (nSPS) is 11.1. The molecule has 4 nitrogen and oxygen atoms in total. The summed E-state index contributed by atoms with van der Waals surface area (Å²) >= 11 is 5.42. The highest BCUT2D eigenvalue weighted by molar-refractivity contribution is 7.89. The minimum atomic E-state index is -3.71. The highest BCUT2D eigenvalue weighted by atomic mass is 35.5. The van der Waals surface area contributed by atoms with Crippen LogP contribution in [-0.2, 0) is 10.0 Å². The van der Waals surface area contributed by atoms with Gasteiger partial charge in [-0.1, -0.05) is 0 Å². The Morgan fingerprint density at radius 1 is 1.47 bits per heavy atom. The van der Waals surface area contributed by atoms with Crippen LogP contribution in [0.15, 0.2) is 23.1 Å². The van der Waals surface area contributed by atoms with Gasteiger partial charge in [0, 0.05) is 12.4 Å². The van der Waals surface area contributed by atoms with Crippen molar-refractivity contribution in [3.8, 4) is 6.07 Å². The first-order valence-electron chi connectivity index (χ1n) is 4.76. The van der Waals surface area contributed by atoms with Gasteiger partial charge in [-0.05, 0) is 24.6 Å². The fourth-order valence-electron chi connectivity index (χ4n) is 1.11. The van der Waals surface area contributed by atoms with Crippen molar-refractivity contribution < 1.29 is 12.8 Å². The number of sulfonamides is 1. The molecule has 0 amide bonds. The molecule has 1 N–H and O–H groups in total. The largest absolute Gasteiger partial charge is 0.240 e. The highest BCUT2D eigenvalue weighted by Crippen LogP contribution is 2.14. The summed E-state index contributed by atoms with van der Waals surface area (Å²) in [4.78, 5) is -0.134. The maximum absolute atomic E-state index is 13.0. The second kappa shape index (κ2) is 5.96. The molecule has 1 aromatic rings. The van der Waals surface area contributed by atoms with Crippen LogP contribution in [0.1, 0.15) is 12.0 Å². The van der Waals surface area contributed by atoms with E-state index in [1.54, 1.807) is 6.07 Å². The Morgan fingerprint density at radius 2 is 2.18 bits per heavy atom. The van der Waals surface area contributed by atoms with Gasteiger partial charge in [0.25, 0.3) is 0 Å². The van der Waals surface area contributed by atoms with Gasteiger partial charge in [0.15, 0.2) is 0 Å². The molecule has 0 fully saturated rings. The highest BCUT2D eigenvalue weighted by Gasteiger charge is 2.15. The van der Waals surface area contributed by atoms with Crippen LogP contribution < -0.4 is 4.72 Å². The van der Waals surface area contributed by atoms with Crippen molar-refractivity contribution in [1.82, 2.24) is 4.72 Å². The number of hydrogen-bond acceptors (Lipinski definition) is 3. The molecule has 0 bridgehead atoms. The van der Waals surface area contributed by atoms with Gasteiger partial charge in [0.05, 0.1) is 10.5 Å². The lowest BCUT2D eigenvalue weighted by Crippen LogP contribution is -2.25. The van der Waals surface area contributed by atoms with Gasteiger partial charge >= 0.3 is 0 Å². The second-order valence-corrected chi connectivity index (χ2v) is 5.34. The SMILES string of the molecule is N#Cc1cc(S(=O)(=O)NCCCCl)ccc1F. The van der Waals surface area contributed by atoms with Crippen molar-refractivity contribution in [1.29, 1.82) is 5.26 Å². The van der Waals surface area contributed by atoms with Gasteiger partial charge in [0.1, 0.15) is 11.9 Å². The van der Waals surface area contributed by atoms with Gasteiger partial charge in [0.2, 0.25) is 10.0 Å².